The van der Waals surface area contributed by atoms with E-state index in [4.69, 9.17) is 5.26 Å². The summed E-state index contributed by atoms with van der Waals surface area (Å²) in [7, 11) is 0. The first-order valence-corrected chi connectivity index (χ1v) is 5.72. The summed E-state index contributed by atoms with van der Waals surface area (Å²) in [5, 5.41) is 21.4. The van der Waals surface area contributed by atoms with Crippen LogP contribution in [0.5, 0.6) is 0 Å². The minimum absolute atomic E-state index is 0.271. The minimum atomic E-state index is -0.750. The Hall–Kier alpha value is -1.80. The van der Waals surface area contributed by atoms with E-state index in [9.17, 15) is 9.90 Å². The molecule has 0 unspecified atom stereocenters. The molecule has 0 aliphatic heterocycles. The first-order chi connectivity index (χ1) is 8.13. The van der Waals surface area contributed by atoms with Crippen LogP contribution in [0.4, 0.5) is 0 Å². The molecule has 0 bridgehead atoms. The van der Waals surface area contributed by atoms with Crippen molar-refractivity contribution in [1.82, 2.24) is 10.3 Å². The number of rotatable bonds is 3. The molecule has 0 atom stereocenters. The fourth-order valence-electron chi connectivity index (χ4n) is 2.14. The van der Waals surface area contributed by atoms with Crippen LogP contribution in [0, 0.1) is 11.3 Å². The third-order valence-electron chi connectivity index (χ3n) is 3.17. The summed E-state index contributed by atoms with van der Waals surface area (Å²) < 4.78 is 0. The monoisotopic (exact) mass is 233 g/mol. The zero-order valence-corrected chi connectivity index (χ0v) is 9.49. The van der Waals surface area contributed by atoms with Gasteiger partial charge >= 0.3 is 0 Å². The quantitative estimate of drug-likeness (QED) is 0.725. The lowest BCUT2D eigenvalue weighted by atomic mass is 10.0. The highest BCUT2D eigenvalue weighted by molar-refractivity contribution is 5.92. The van der Waals surface area contributed by atoms with Gasteiger partial charge in [0, 0.05) is 12.7 Å². The summed E-state index contributed by atoms with van der Waals surface area (Å²) in [6, 6.07) is 3.44. The number of carbonyl (C=O) groups excluding carboxylic acids is 1. The van der Waals surface area contributed by atoms with E-state index in [1.165, 1.54) is 12.3 Å². The Morgan fingerprint density at radius 3 is 2.88 bits per heavy atom. The number of hydrogen-bond acceptors (Lipinski definition) is 3. The van der Waals surface area contributed by atoms with Crippen LogP contribution in [-0.4, -0.2) is 28.1 Å². The number of aromatic nitrogens is 1. The molecule has 0 saturated heterocycles. The third kappa shape index (κ3) is 2.66. The van der Waals surface area contributed by atoms with Gasteiger partial charge in [-0.2, -0.15) is 5.26 Å². The molecular weight excluding hydrogens is 218 g/mol. The second-order valence-corrected chi connectivity index (χ2v) is 4.53. The Labute approximate surface area is 99.5 Å². The summed E-state index contributed by atoms with van der Waals surface area (Å²) in [4.78, 5) is 14.4. The van der Waals surface area contributed by atoms with Crippen molar-refractivity contribution >= 4 is 5.91 Å². The van der Waals surface area contributed by atoms with Crippen molar-refractivity contribution in [3.8, 4) is 6.07 Å². The van der Waals surface area contributed by atoms with Gasteiger partial charge in [-0.05, 0) is 18.9 Å². The molecule has 90 valence electrons. The van der Waals surface area contributed by atoms with Crippen molar-refractivity contribution in [3.63, 3.8) is 0 Å². The van der Waals surface area contributed by atoms with Crippen LogP contribution in [-0.2, 0) is 0 Å². The Bertz CT molecular complexity index is 453. The van der Waals surface area contributed by atoms with E-state index in [0.29, 0.717) is 11.3 Å². The Kier molecular flexibility index (Phi) is 3.16. The van der Waals surface area contributed by atoms with Crippen LogP contribution in [0.2, 0.25) is 0 Å². The molecule has 2 rings (SSSR count). The summed E-state index contributed by atoms with van der Waals surface area (Å²) >= 11 is 0. The van der Waals surface area contributed by atoms with Gasteiger partial charge < -0.3 is 15.4 Å². The number of carbonyl (C=O) groups is 1. The van der Waals surface area contributed by atoms with Crippen molar-refractivity contribution in [2.45, 2.75) is 31.3 Å². The van der Waals surface area contributed by atoms with Gasteiger partial charge in [0.2, 0.25) is 0 Å². The first-order valence-electron chi connectivity index (χ1n) is 5.72. The molecule has 17 heavy (non-hydrogen) atoms. The van der Waals surface area contributed by atoms with Crippen LogP contribution < -0.4 is 5.32 Å². The molecule has 0 radical (unpaired) electrons. The lowest BCUT2D eigenvalue weighted by molar-refractivity contribution is 0.0449. The number of nitrogens with one attached hydrogen (secondary N) is 2. The summed E-state index contributed by atoms with van der Waals surface area (Å²) in [6.07, 6.45) is 4.98. The van der Waals surface area contributed by atoms with Gasteiger partial charge in [-0.1, -0.05) is 12.8 Å². The highest BCUT2D eigenvalue weighted by Gasteiger charge is 2.31. The van der Waals surface area contributed by atoms with E-state index in [1.54, 1.807) is 0 Å². The second-order valence-electron chi connectivity index (χ2n) is 4.53. The standard InChI is InChI=1S/C12H15N3O2/c13-6-9-5-10(14-7-9)11(16)15-8-12(17)3-1-2-4-12/h5,7,14,17H,1-4,8H2,(H,15,16). The number of nitrogens with zero attached hydrogens (tertiary/aromatic N) is 1. The Balaban J connectivity index is 1.91. The van der Waals surface area contributed by atoms with Gasteiger partial charge in [-0.25, -0.2) is 0 Å². The fourth-order valence-corrected chi connectivity index (χ4v) is 2.14. The number of aliphatic hydroxyl groups is 1. The molecule has 1 fully saturated rings. The average Bonchev–Trinajstić information content (AvgIpc) is 2.95. The molecule has 3 N–H and O–H groups in total. The van der Waals surface area contributed by atoms with Gasteiger partial charge in [0.15, 0.2) is 0 Å². The van der Waals surface area contributed by atoms with Crippen LogP contribution in [0.25, 0.3) is 0 Å². The molecule has 1 aromatic heterocycles. The highest BCUT2D eigenvalue weighted by atomic mass is 16.3. The van der Waals surface area contributed by atoms with Gasteiger partial charge in [0.25, 0.3) is 5.91 Å². The van der Waals surface area contributed by atoms with Crippen LogP contribution in [0.1, 0.15) is 41.7 Å². The molecule has 1 aliphatic rings. The number of amides is 1. The molecule has 5 nitrogen and oxygen atoms in total. The average molecular weight is 233 g/mol. The van der Waals surface area contributed by atoms with Crippen LogP contribution in [0.15, 0.2) is 12.3 Å². The number of nitriles is 1. The van der Waals surface area contributed by atoms with Crippen LogP contribution in [0.3, 0.4) is 0 Å². The normalized spacial score (nSPS) is 17.6. The number of hydrogen-bond donors (Lipinski definition) is 3. The minimum Gasteiger partial charge on any atom is -0.388 e. The molecule has 0 spiro atoms. The summed E-state index contributed by atoms with van der Waals surface area (Å²) in [5.74, 6) is -0.285. The van der Waals surface area contributed by atoms with Gasteiger partial charge in [0.1, 0.15) is 11.8 Å². The fraction of sp³-hybridized carbons (Fsp3) is 0.500. The lowest BCUT2D eigenvalue weighted by Gasteiger charge is -2.22. The molecule has 1 aromatic rings. The summed E-state index contributed by atoms with van der Waals surface area (Å²) in [5.41, 5.74) is 0.0261. The van der Waals surface area contributed by atoms with Crippen molar-refractivity contribution in [2.24, 2.45) is 0 Å². The highest BCUT2D eigenvalue weighted by Crippen LogP contribution is 2.28. The smallest absolute Gasteiger partial charge is 0.267 e. The SMILES string of the molecule is N#Cc1c[nH]c(C(=O)NCC2(O)CCCC2)c1. The van der Waals surface area contributed by atoms with Gasteiger partial charge in [-0.15, -0.1) is 0 Å². The van der Waals surface area contributed by atoms with Crippen molar-refractivity contribution in [3.05, 3.63) is 23.5 Å². The number of H-pyrrole nitrogens is 1. The third-order valence-corrected chi connectivity index (χ3v) is 3.17. The van der Waals surface area contributed by atoms with E-state index in [2.05, 4.69) is 10.3 Å². The molecule has 5 heteroatoms. The van der Waals surface area contributed by atoms with E-state index in [0.717, 1.165) is 25.7 Å². The number of aromatic amines is 1. The zero-order valence-electron chi connectivity index (χ0n) is 9.49. The predicted molar refractivity (Wildman–Crippen MR) is 61.3 cm³/mol. The molecule has 1 aliphatic carbocycles. The molecule has 1 amide bonds. The predicted octanol–water partition coefficient (Wildman–Crippen LogP) is 0.921. The van der Waals surface area contributed by atoms with E-state index < -0.39 is 5.60 Å². The van der Waals surface area contributed by atoms with Crippen molar-refractivity contribution in [2.75, 3.05) is 6.54 Å². The largest absolute Gasteiger partial charge is 0.388 e. The molecular formula is C12H15N3O2. The maximum absolute atomic E-state index is 11.7. The lowest BCUT2D eigenvalue weighted by Crippen LogP contribution is -2.40. The van der Waals surface area contributed by atoms with Crippen LogP contribution >= 0.6 is 0 Å². The topological polar surface area (TPSA) is 88.9 Å². The Morgan fingerprint density at radius 1 is 1.59 bits per heavy atom. The second kappa shape index (κ2) is 4.60. The van der Waals surface area contributed by atoms with Crippen molar-refractivity contribution in [1.29, 1.82) is 5.26 Å². The maximum atomic E-state index is 11.7. The summed E-state index contributed by atoms with van der Waals surface area (Å²) in [6.45, 7) is 0.271. The molecule has 1 heterocycles. The molecule has 0 aromatic carbocycles. The van der Waals surface area contributed by atoms with Crippen molar-refractivity contribution < 1.29 is 9.90 Å². The zero-order chi connectivity index (χ0) is 12.3. The van der Waals surface area contributed by atoms with E-state index >= 15 is 0 Å². The maximum Gasteiger partial charge on any atom is 0.267 e. The van der Waals surface area contributed by atoms with Gasteiger partial charge in [-0.3, -0.25) is 4.79 Å². The van der Waals surface area contributed by atoms with Gasteiger partial charge in [0.05, 0.1) is 11.2 Å². The van der Waals surface area contributed by atoms with E-state index in [1.807, 2.05) is 6.07 Å². The first kappa shape index (κ1) is 11.7. The molecule has 1 saturated carbocycles. The van der Waals surface area contributed by atoms with E-state index in [-0.39, 0.29) is 12.5 Å². The Morgan fingerprint density at radius 2 is 2.29 bits per heavy atom.